The molecule has 2 aromatic carbocycles. The SMILES string of the molecule is COc1ccc(-c2n[nH]c3c2C(c2ccc(OCCC(C)C)cc2)N(CC(C)C)C3=O)cc1. The number of aromatic amines is 1. The minimum atomic E-state index is -0.199. The summed E-state index contributed by atoms with van der Waals surface area (Å²) < 4.78 is 11.2. The van der Waals surface area contributed by atoms with Crippen LogP contribution in [0.5, 0.6) is 11.5 Å². The van der Waals surface area contributed by atoms with Crippen LogP contribution in [0.15, 0.2) is 48.5 Å². The Bertz CT molecular complexity index is 1080. The van der Waals surface area contributed by atoms with Crippen LogP contribution in [0.4, 0.5) is 0 Å². The first-order valence-electron chi connectivity index (χ1n) is 11.7. The number of fused-ring (bicyclic) bond motifs is 1. The molecule has 1 amide bonds. The van der Waals surface area contributed by atoms with Gasteiger partial charge in [0.1, 0.15) is 17.2 Å². The number of carbonyl (C=O) groups is 1. The molecule has 4 rings (SSSR count). The zero-order valence-corrected chi connectivity index (χ0v) is 20.1. The number of nitrogens with zero attached hydrogens (tertiary/aromatic N) is 2. The van der Waals surface area contributed by atoms with Gasteiger partial charge in [-0.15, -0.1) is 0 Å². The second kappa shape index (κ2) is 9.69. The third-order valence-electron chi connectivity index (χ3n) is 5.95. The number of rotatable bonds is 9. The lowest BCUT2D eigenvalue weighted by atomic mass is 9.95. The molecule has 1 unspecified atom stereocenters. The Morgan fingerprint density at radius 1 is 0.970 bits per heavy atom. The third-order valence-corrected chi connectivity index (χ3v) is 5.95. The molecule has 2 heterocycles. The zero-order valence-electron chi connectivity index (χ0n) is 20.1. The van der Waals surface area contributed by atoms with Gasteiger partial charge in [-0.05, 0) is 60.2 Å². The molecule has 0 spiro atoms. The van der Waals surface area contributed by atoms with E-state index in [0.29, 0.717) is 30.7 Å². The molecule has 0 saturated heterocycles. The monoisotopic (exact) mass is 447 g/mol. The van der Waals surface area contributed by atoms with Crippen molar-refractivity contribution in [2.45, 2.75) is 40.2 Å². The van der Waals surface area contributed by atoms with Crippen LogP contribution >= 0.6 is 0 Å². The molecule has 1 N–H and O–H groups in total. The van der Waals surface area contributed by atoms with Crippen molar-refractivity contribution in [3.63, 3.8) is 0 Å². The zero-order chi connectivity index (χ0) is 23.5. The predicted octanol–water partition coefficient (Wildman–Crippen LogP) is 5.71. The minimum absolute atomic E-state index is 0.00628. The molecule has 0 radical (unpaired) electrons. The van der Waals surface area contributed by atoms with E-state index in [2.05, 4.69) is 50.0 Å². The lowest BCUT2D eigenvalue weighted by Crippen LogP contribution is -2.32. The largest absolute Gasteiger partial charge is 0.497 e. The number of methoxy groups -OCH3 is 1. The second-order valence-corrected chi connectivity index (χ2v) is 9.44. The highest BCUT2D eigenvalue weighted by molar-refractivity contribution is 6.00. The van der Waals surface area contributed by atoms with E-state index < -0.39 is 0 Å². The molecule has 1 aliphatic heterocycles. The molecule has 3 aromatic rings. The van der Waals surface area contributed by atoms with E-state index in [9.17, 15) is 4.79 Å². The molecular weight excluding hydrogens is 414 g/mol. The van der Waals surface area contributed by atoms with Crippen molar-refractivity contribution >= 4 is 5.91 Å². The maximum absolute atomic E-state index is 13.3. The van der Waals surface area contributed by atoms with Crippen LogP contribution in [-0.2, 0) is 0 Å². The second-order valence-electron chi connectivity index (χ2n) is 9.44. The summed E-state index contributed by atoms with van der Waals surface area (Å²) in [7, 11) is 1.65. The van der Waals surface area contributed by atoms with Gasteiger partial charge in [0.25, 0.3) is 5.91 Å². The summed E-state index contributed by atoms with van der Waals surface area (Å²) in [4.78, 5) is 15.3. The fourth-order valence-corrected chi connectivity index (χ4v) is 4.25. The first-order valence-corrected chi connectivity index (χ1v) is 11.7. The Morgan fingerprint density at radius 3 is 2.24 bits per heavy atom. The summed E-state index contributed by atoms with van der Waals surface area (Å²) in [5, 5.41) is 7.56. The van der Waals surface area contributed by atoms with Crippen molar-refractivity contribution in [3.8, 4) is 22.8 Å². The molecule has 0 saturated carbocycles. The molecule has 174 valence electrons. The van der Waals surface area contributed by atoms with Gasteiger partial charge in [-0.25, -0.2) is 0 Å². The first-order chi connectivity index (χ1) is 15.9. The Labute approximate surface area is 195 Å². The van der Waals surface area contributed by atoms with Gasteiger partial charge in [-0.2, -0.15) is 5.10 Å². The van der Waals surface area contributed by atoms with E-state index in [1.54, 1.807) is 7.11 Å². The van der Waals surface area contributed by atoms with Gasteiger partial charge >= 0.3 is 0 Å². The highest BCUT2D eigenvalue weighted by Crippen LogP contribution is 2.43. The lowest BCUT2D eigenvalue weighted by molar-refractivity contribution is 0.0722. The number of carbonyl (C=O) groups excluding carboxylic acids is 1. The van der Waals surface area contributed by atoms with Crippen LogP contribution in [0, 0.1) is 11.8 Å². The van der Waals surface area contributed by atoms with E-state index in [1.807, 2.05) is 41.3 Å². The number of benzene rings is 2. The smallest absolute Gasteiger partial charge is 0.273 e. The molecule has 0 fully saturated rings. The van der Waals surface area contributed by atoms with Gasteiger partial charge < -0.3 is 14.4 Å². The number of ether oxygens (including phenoxy) is 2. The average Bonchev–Trinajstić information content (AvgIpc) is 3.33. The van der Waals surface area contributed by atoms with Crippen molar-refractivity contribution in [2.75, 3.05) is 20.3 Å². The maximum Gasteiger partial charge on any atom is 0.273 e. The van der Waals surface area contributed by atoms with Gasteiger partial charge in [0.05, 0.1) is 25.5 Å². The van der Waals surface area contributed by atoms with Gasteiger partial charge in [-0.3, -0.25) is 9.89 Å². The number of aromatic nitrogens is 2. The Balaban J connectivity index is 1.70. The van der Waals surface area contributed by atoms with Crippen LogP contribution in [0.25, 0.3) is 11.3 Å². The van der Waals surface area contributed by atoms with E-state index in [0.717, 1.165) is 40.3 Å². The average molecular weight is 448 g/mol. The number of H-pyrrole nitrogens is 1. The maximum atomic E-state index is 13.3. The highest BCUT2D eigenvalue weighted by Gasteiger charge is 2.42. The fraction of sp³-hybridized carbons (Fsp3) is 0.407. The molecule has 6 nitrogen and oxygen atoms in total. The summed E-state index contributed by atoms with van der Waals surface area (Å²) in [6, 6.07) is 15.7. The molecule has 1 atom stereocenters. The van der Waals surface area contributed by atoms with Crippen LogP contribution in [-0.4, -0.2) is 41.3 Å². The normalized spacial score (nSPS) is 15.4. The summed E-state index contributed by atoms with van der Waals surface area (Å²) in [5.41, 5.74) is 4.30. The van der Waals surface area contributed by atoms with Crippen molar-refractivity contribution in [1.29, 1.82) is 0 Å². The summed E-state index contributed by atoms with van der Waals surface area (Å²) in [6.45, 7) is 10.0. The number of hydrogen-bond donors (Lipinski definition) is 1. The lowest BCUT2D eigenvalue weighted by Gasteiger charge is -2.28. The first kappa shape index (κ1) is 22.9. The Morgan fingerprint density at radius 2 is 1.64 bits per heavy atom. The Hall–Kier alpha value is -3.28. The molecule has 0 bridgehead atoms. The number of nitrogens with one attached hydrogen (secondary N) is 1. The molecule has 1 aromatic heterocycles. The van der Waals surface area contributed by atoms with E-state index in [4.69, 9.17) is 9.47 Å². The molecular formula is C27H33N3O3. The van der Waals surface area contributed by atoms with Crippen molar-refractivity contribution in [2.24, 2.45) is 11.8 Å². The van der Waals surface area contributed by atoms with E-state index in [1.165, 1.54) is 0 Å². The summed E-state index contributed by atoms with van der Waals surface area (Å²) in [5.74, 6) is 2.58. The molecule has 1 aliphatic rings. The summed E-state index contributed by atoms with van der Waals surface area (Å²) in [6.07, 6.45) is 1.02. The predicted molar refractivity (Wildman–Crippen MR) is 130 cm³/mol. The van der Waals surface area contributed by atoms with Crippen LogP contribution in [0.3, 0.4) is 0 Å². The third kappa shape index (κ3) is 4.75. The molecule has 6 heteroatoms. The van der Waals surface area contributed by atoms with Gasteiger partial charge in [0.15, 0.2) is 0 Å². The van der Waals surface area contributed by atoms with Gasteiger partial charge in [0, 0.05) is 17.7 Å². The molecule has 33 heavy (non-hydrogen) atoms. The van der Waals surface area contributed by atoms with Crippen LogP contribution in [0.1, 0.15) is 61.8 Å². The molecule has 0 aliphatic carbocycles. The van der Waals surface area contributed by atoms with Crippen LogP contribution in [0.2, 0.25) is 0 Å². The van der Waals surface area contributed by atoms with E-state index >= 15 is 0 Å². The van der Waals surface area contributed by atoms with Crippen molar-refractivity contribution in [1.82, 2.24) is 15.1 Å². The Kier molecular flexibility index (Phi) is 6.72. The van der Waals surface area contributed by atoms with Gasteiger partial charge in [-0.1, -0.05) is 39.8 Å². The number of hydrogen-bond acceptors (Lipinski definition) is 4. The highest BCUT2D eigenvalue weighted by atomic mass is 16.5. The standard InChI is InChI=1S/C27H33N3O3/c1-17(2)14-15-33-22-12-8-20(9-13-22)26-23-24(19-6-10-21(32-5)11-7-19)28-29-25(23)27(31)30(26)16-18(3)4/h6-13,17-18,26H,14-16H2,1-5H3,(H,28,29). The van der Waals surface area contributed by atoms with Crippen molar-refractivity contribution in [3.05, 3.63) is 65.4 Å². The van der Waals surface area contributed by atoms with E-state index in [-0.39, 0.29) is 11.9 Å². The quantitative estimate of drug-likeness (QED) is 0.456. The van der Waals surface area contributed by atoms with Crippen LogP contribution < -0.4 is 9.47 Å². The minimum Gasteiger partial charge on any atom is -0.497 e. The fourth-order valence-electron chi connectivity index (χ4n) is 4.25. The van der Waals surface area contributed by atoms with Crippen molar-refractivity contribution < 1.29 is 14.3 Å². The topological polar surface area (TPSA) is 67.5 Å². The number of amides is 1. The summed E-state index contributed by atoms with van der Waals surface area (Å²) >= 11 is 0. The van der Waals surface area contributed by atoms with Gasteiger partial charge in [0.2, 0.25) is 0 Å².